The smallest absolute Gasteiger partial charge is 0.314 e. The lowest BCUT2D eigenvalue weighted by Gasteiger charge is -2.16. The van der Waals surface area contributed by atoms with E-state index in [2.05, 4.69) is 0 Å². The van der Waals surface area contributed by atoms with Crippen LogP contribution in [-0.4, -0.2) is 15.6 Å². The molecule has 1 N–H and O–H groups in total. The molecule has 18 heavy (non-hydrogen) atoms. The molecule has 3 rings (SSSR count). The van der Waals surface area contributed by atoms with Crippen LogP contribution in [0.3, 0.4) is 0 Å². The second kappa shape index (κ2) is 3.16. The van der Waals surface area contributed by atoms with Crippen molar-refractivity contribution in [1.29, 1.82) is 0 Å². The Morgan fingerprint density at radius 1 is 1.33 bits per heavy atom. The average Bonchev–Trinajstić information content (AvgIpc) is 2.72. The number of aryl methyl sites for hydroxylation is 1. The topological polar surface area (TPSA) is 42.2 Å². The third-order valence-corrected chi connectivity index (χ3v) is 4.48. The van der Waals surface area contributed by atoms with Crippen LogP contribution >= 0.6 is 0 Å². The SMILES string of the molecule is Cn1ccc2ccc(C3(C(=O)O)CC3(C)C)cc21. The maximum absolute atomic E-state index is 11.7. The van der Waals surface area contributed by atoms with Crippen LogP contribution in [0.25, 0.3) is 10.9 Å². The number of rotatable bonds is 2. The molecule has 1 unspecified atom stereocenters. The first-order chi connectivity index (χ1) is 8.38. The van der Waals surface area contributed by atoms with Gasteiger partial charge in [0, 0.05) is 18.8 Å². The van der Waals surface area contributed by atoms with E-state index in [9.17, 15) is 9.90 Å². The monoisotopic (exact) mass is 243 g/mol. The van der Waals surface area contributed by atoms with Crippen molar-refractivity contribution in [2.45, 2.75) is 25.7 Å². The van der Waals surface area contributed by atoms with Gasteiger partial charge in [0.05, 0.1) is 5.41 Å². The maximum atomic E-state index is 11.7. The van der Waals surface area contributed by atoms with Crippen LogP contribution in [0.1, 0.15) is 25.8 Å². The van der Waals surface area contributed by atoms with Crippen molar-refractivity contribution >= 4 is 16.9 Å². The van der Waals surface area contributed by atoms with Gasteiger partial charge in [0.25, 0.3) is 0 Å². The lowest BCUT2D eigenvalue weighted by atomic mass is 9.87. The van der Waals surface area contributed by atoms with Gasteiger partial charge in [-0.2, -0.15) is 0 Å². The molecule has 1 aromatic carbocycles. The Bertz CT molecular complexity index is 654. The molecule has 1 saturated carbocycles. The predicted molar refractivity (Wildman–Crippen MR) is 70.6 cm³/mol. The van der Waals surface area contributed by atoms with Crippen LogP contribution in [-0.2, 0) is 17.3 Å². The summed E-state index contributed by atoms with van der Waals surface area (Å²) in [6.45, 7) is 4.05. The van der Waals surface area contributed by atoms with Crippen molar-refractivity contribution in [2.24, 2.45) is 12.5 Å². The van der Waals surface area contributed by atoms with Crippen LogP contribution in [0.15, 0.2) is 30.5 Å². The molecule has 0 aliphatic heterocycles. The van der Waals surface area contributed by atoms with E-state index in [1.165, 1.54) is 0 Å². The van der Waals surface area contributed by atoms with Gasteiger partial charge in [-0.15, -0.1) is 0 Å². The summed E-state index contributed by atoms with van der Waals surface area (Å²) in [5.74, 6) is -0.707. The molecule has 0 saturated heterocycles. The summed E-state index contributed by atoms with van der Waals surface area (Å²) in [6, 6.07) is 8.05. The van der Waals surface area contributed by atoms with E-state index in [1.807, 2.05) is 55.9 Å². The van der Waals surface area contributed by atoms with E-state index >= 15 is 0 Å². The minimum absolute atomic E-state index is 0.155. The molecule has 0 spiro atoms. The zero-order valence-corrected chi connectivity index (χ0v) is 10.9. The summed E-state index contributed by atoms with van der Waals surface area (Å²) in [5, 5.41) is 10.7. The van der Waals surface area contributed by atoms with E-state index in [1.54, 1.807) is 0 Å². The Hall–Kier alpha value is -1.77. The molecule has 1 heterocycles. The second-order valence-electron chi connectivity index (χ2n) is 5.97. The van der Waals surface area contributed by atoms with E-state index in [0.29, 0.717) is 6.42 Å². The lowest BCUT2D eigenvalue weighted by Crippen LogP contribution is -2.25. The van der Waals surface area contributed by atoms with Crippen molar-refractivity contribution in [1.82, 2.24) is 4.57 Å². The summed E-state index contributed by atoms with van der Waals surface area (Å²) in [7, 11) is 1.98. The fourth-order valence-electron chi connectivity index (χ4n) is 3.13. The first-order valence-electron chi connectivity index (χ1n) is 6.17. The van der Waals surface area contributed by atoms with E-state index < -0.39 is 11.4 Å². The largest absolute Gasteiger partial charge is 0.481 e. The summed E-state index contributed by atoms with van der Waals surface area (Å²) in [5.41, 5.74) is 1.16. The van der Waals surface area contributed by atoms with Gasteiger partial charge in [0.15, 0.2) is 0 Å². The van der Waals surface area contributed by atoms with Gasteiger partial charge in [-0.3, -0.25) is 4.79 Å². The molecule has 2 aromatic rings. The standard InChI is InChI=1S/C15H17NO2/c1-14(2)9-15(14,13(17)18)11-5-4-10-6-7-16(3)12(10)8-11/h4-8H,9H2,1-3H3,(H,17,18). The molecule has 1 aliphatic carbocycles. The van der Waals surface area contributed by atoms with Gasteiger partial charge < -0.3 is 9.67 Å². The predicted octanol–water partition coefficient (Wildman–Crippen LogP) is 2.93. The first-order valence-corrected chi connectivity index (χ1v) is 6.17. The number of aromatic nitrogens is 1. The Morgan fingerprint density at radius 3 is 2.56 bits per heavy atom. The summed E-state index contributed by atoms with van der Waals surface area (Å²) in [4.78, 5) is 11.7. The molecule has 94 valence electrons. The zero-order chi connectivity index (χ0) is 13.1. The second-order valence-corrected chi connectivity index (χ2v) is 5.97. The number of aliphatic carboxylic acids is 1. The zero-order valence-electron chi connectivity index (χ0n) is 10.9. The minimum Gasteiger partial charge on any atom is -0.481 e. The summed E-state index contributed by atoms with van der Waals surface area (Å²) < 4.78 is 2.03. The Kier molecular flexibility index (Phi) is 1.99. The number of fused-ring (bicyclic) bond motifs is 1. The summed E-state index contributed by atoms with van der Waals surface area (Å²) >= 11 is 0. The highest BCUT2D eigenvalue weighted by Gasteiger charge is 2.67. The van der Waals surface area contributed by atoms with Gasteiger partial charge in [-0.25, -0.2) is 0 Å². The molecule has 0 radical (unpaired) electrons. The average molecular weight is 243 g/mol. The molecule has 0 bridgehead atoms. The number of hydrogen-bond donors (Lipinski definition) is 1. The Balaban J connectivity index is 2.20. The van der Waals surface area contributed by atoms with Gasteiger partial charge >= 0.3 is 5.97 Å². The van der Waals surface area contributed by atoms with Crippen LogP contribution in [0, 0.1) is 5.41 Å². The Labute approximate surface area is 106 Å². The number of carboxylic acid groups (broad SMARTS) is 1. The van der Waals surface area contributed by atoms with Gasteiger partial charge in [0.1, 0.15) is 0 Å². The number of benzene rings is 1. The van der Waals surface area contributed by atoms with Crippen molar-refractivity contribution in [2.75, 3.05) is 0 Å². The lowest BCUT2D eigenvalue weighted by molar-refractivity contribution is -0.141. The van der Waals surface area contributed by atoms with Gasteiger partial charge in [-0.1, -0.05) is 26.0 Å². The molecule has 1 aromatic heterocycles. The van der Waals surface area contributed by atoms with Crippen molar-refractivity contribution < 1.29 is 9.90 Å². The van der Waals surface area contributed by atoms with Crippen LogP contribution in [0.2, 0.25) is 0 Å². The number of nitrogens with zero attached hydrogens (tertiary/aromatic N) is 1. The molecular formula is C15H17NO2. The highest BCUT2D eigenvalue weighted by molar-refractivity contribution is 5.90. The fraction of sp³-hybridized carbons (Fsp3) is 0.400. The number of hydrogen-bond acceptors (Lipinski definition) is 1. The molecule has 0 amide bonds. The van der Waals surface area contributed by atoms with Gasteiger partial charge in [-0.05, 0) is 34.9 Å². The van der Waals surface area contributed by atoms with Crippen molar-refractivity contribution in [3.63, 3.8) is 0 Å². The van der Waals surface area contributed by atoms with Gasteiger partial charge in [0.2, 0.25) is 0 Å². The Morgan fingerprint density at radius 2 is 2.00 bits per heavy atom. The third-order valence-electron chi connectivity index (χ3n) is 4.48. The van der Waals surface area contributed by atoms with E-state index in [-0.39, 0.29) is 5.41 Å². The molecule has 1 fully saturated rings. The fourth-order valence-corrected chi connectivity index (χ4v) is 3.13. The molecule has 3 heteroatoms. The van der Waals surface area contributed by atoms with E-state index in [0.717, 1.165) is 16.5 Å². The quantitative estimate of drug-likeness (QED) is 0.881. The van der Waals surface area contributed by atoms with Crippen LogP contribution in [0.5, 0.6) is 0 Å². The normalized spacial score (nSPS) is 25.3. The van der Waals surface area contributed by atoms with Crippen LogP contribution in [0.4, 0.5) is 0 Å². The van der Waals surface area contributed by atoms with Crippen molar-refractivity contribution in [3.8, 4) is 0 Å². The van der Waals surface area contributed by atoms with Crippen LogP contribution < -0.4 is 0 Å². The molecular weight excluding hydrogens is 226 g/mol. The number of carboxylic acids is 1. The highest BCUT2D eigenvalue weighted by Crippen LogP contribution is 2.64. The third kappa shape index (κ3) is 1.22. The summed E-state index contributed by atoms with van der Waals surface area (Å²) in [6.07, 6.45) is 2.71. The first kappa shape index (κ1) is 11.3. The highest BCUT2D eigenvalue weighted by atomic mass is 16.4. The molecule has 1 aliphatic rings. The maximum Gasteiger partial charge on any atom is 0.314 e. The van der Waals surface area contributed by atoms with Crippen molar-refractivity contribution in [3.05, 3.63) is 36.0 Å². The molecule has 3 nitrogen and oxygen atoms in total. The molecule has 1 atom stereocenters. The van der Waals surface area contributed by atoms with E-state index in [4.69, 9.17) is 0 Å². The minimum atomic E-state index is -0.707. The number of carbonyl (C=O) groups is 1.